The van der Waals surface area contributed by atoms with E-state index in [9.17, 15) is 4.79 Å². The Balaban J connectivity index is 4.46. The summed E-state index contributed by atoms with van der Waals surface area (Å²) in [6.07, 6.45) is 5.16. The van der Waals surface area contributed by atoms with Crippen LogP contribution in [0.15, 0.2) is 37.5 Å². The lowest BCUT2D eigenvalue weighted by Crippen LogP contribution is -2.34. The minimum atomic E-state index is -0.803. The van der Waals surface area contributed by atoms with E-state index in [1.165, 1.54) is 0 Å². The first-order chi connectivity index (χ1) is 6.60. The van der Waals surface area contributed by atoms with Crippen LogP contribution < -0.4 is 0 Å². The fourth-order valence-electron chi connectivity index (χ4n) is 1.09. The van der Waals surface area contributed by atoms with Crippen molar-refractivity contribution in [3.8, 4) is 0 Å². The van der Waals surface area contributed by atoms with Crippen LogP contribution in [-0.2, 0) is 9.53 Å². The Hall–Kier alpha value is -1.15. The maximum Gasteiger partial charge on any atom is 0.152 e. The van der Waals surface area contributed by atoms with E-state index >= 15 is 0 Å². The number of hydrogen-bond acceptors (Lipinski definition) is 2. The van der Waals surface area contributed by atoms with Gasteiger partial charge < -0.3 is 9.53 Å². The number of aldehydes is 1. The summed E-state index contributed by atoms with van der Waals surface area (Å²) in [5, 5.41) is 0. The Morgan fingerprint density at radius 1 is 1.36 bits per heavy atom. The van der Waals surface area contributed by atoms with Crippen LogP contribution in [0.1, 0.15) is 19.8 Å². The third-order valence-electron chi connectivity index (χ3n) is 1.80. The standard InChI is InChI=1S/C12H18O2/c1-5-7-12(10-13,8-6-2)14-9-11(3)4/h5-6,10H,1-3,7-9H2,4H3. The highest BCUT2D eigenvalue weighted by Gasteiger charge is 2.27. The van der Waals surface area contributed by atoms with Crippen LogP contribution >= 0.6 is 0 Å². The maximum atomic E-state index is 11.0. The fourth-order valence-corrected chi connectivity index (χ4v) is 1.09. The van der Waals surface area contributed by atoms with Gasteiger partial charge in [-0.05, 0) is 6.92 Å². The highest BCUT2D eigenvalue weighted by Crippen LogP contribution is 2.20. The second kappa shape index (κ2) is 6.33. The predicted octanol–water partition coefficient (Wildman–Crippen LogP) is 2.67. The molecule has 2 nitrogen and oxygen atoms in total. The van der Waals surface area contributed by atoms with Gasteiger partial charge in [0.05, 0.1) is 6.61 Å². The molecule has 0 atom stereocenters. The smallest absolute Gasteiger partial charge is 0.152 e. The molecule has 0 aromatic heterocycles. The van der Waals surface area contributed by atoms with E-state index in [-0.39, 0.29) is 0 Å². The summed E-state index contributed by atoms with van der Waals surface area (Å²) in [4.78, 5) is 11.0. The monoisotopic (exact) mass is 194 g/mol. The van der Waals surface area contributed by atoms with Crippen molar-refractivity contribution in [2.75, 3.05) is 6.61 Å². The lowest BCUT2D eigenvalue weighted by atomic mass is 9.97. The van der Waals surface area contributed by atoms with Gasteiger partial charge in [-0.1, -0.05) is 24.3 Å². The summed E-state index contributed by atoms with van der Waals surface area (Å²) < 4.78 is 5.51. The highest BCUT2D eigenvalue weighted by atomic mass is 16.5. The Morgan fingerprint density at radius 2 is 1.86 bits per heavy atom. The summed E-state index contributed by atoms with van der Waals surface area (Å²) in [7, 11) is 0. The third-order valence-corrected chi connectivity index (χ3v) is 1.80. The minimum Gasteiger partial charge on any atom is -0.363 e. The van der Waals surface area contributed by atoms with Crippen LogP contribution in [0.5, 0.6) is 0 Å². The first kappa shape index (κ1) is 12.8. The Labute approximate surface area is 86.0 Å². The number of hydrogen-bond donors (Lipinski definition) is 0. The number of carbonyl (C=O) groups excluding carboxylic acids is 1. The quantitative estimate of drug-likeness (QED) is 0.438. The molecular weight excluding hydrogens is 176 g/mol. The molecule has 0 bridgehead atoms. The van der Waals surface area contributed by atoms with Crippen molar-refractivity contribution in [2.45, 2.75) is 25.4 Å². The molecule has 0 aliphatic carbocycles. The molecular formula is C12H18O2. The summed E-state index contributed by atoms with van der Waals surface area (Å²) in [6, 6.07) is 0. The summed E-state index contributed by atoms with van der Waals surface area (Å²) in [6.45, 7) is 13.2. The number of carbonyl (C=O) groups is 1. The fraction of sp³-hybridized carbons (Fsp3) is 0.417. The Bertz CT molecular complexity index is 218. The second-order valence-electron chi connectivity index (χ2n) is 3.41. The molecule has 0 fully saturated rings. The van der Waals surface area contributed by atoms with Gasteiger partial charge in [-0.15, -0.1) is 13.2 Å². The summed E-state index contributed by atoms with van der Waals surface area (Å²) in [5.41, 5.74) is 0.0898. The zero-order valence-corrected chi connectivity index (χ0v) is 8.79. The van der Waals surface area contributed by atoms with E-state index in [1.54, 1.807) is 12.2 Å². The molecule has 0 aliphatic heterocycles. The van der Waals surface area contributed by atoms with E-state index in [0.717, 1.165) is 11.9 Å². The van der Waals surface area contributed by atoms with Gasteiger partial charge in [0, 0.05) is 12.8 Å². The molecule has 0 aromatic carbocycles. The van der Waals surface area contributed by atoms with Gasteiger partial charge >= 0.3 is 0 Å². The van der Waals surface area contributed by atoms with E-state index in [2.05, 4.69) is 19.7 Å². The van der Waals surface area contributed by atoms with Crippen LogP contribution in [-0.4, -0.2) is 18.5 Å². The predicted molar refractivity (Wildman–Crippen MR) is 59.2 cm³/mol. The molecule has 0 unspecified atom stereocenters. The van der Waals surface area contributed by atoms with Gasteiger partial charge in [0.1, 0.15) is 5.60 Å². The molecule has 0 rings (SSSR count). The summed E-state index contributed by atoms with van der Waals surface area (Å²) in [5.74, 6) is 0. The molecule has 0 aliphatic rings. The van der Waals surface area contributed by atoms with Gasteiger partial charge in [0.15, 0.2) is 6.29 Å². The van der Waals surface area contributed by atoms with Crippen molar-refractivity contribution >= 4 is 6.29 Å². The van der Waals surface area contributed by atoms with E-state index in [1.807, 2.05) is 6.92 Å². The molecule has 0 N–H and O–H groups in total. The van der Waals surface area contributed by atoms with Crippen molar-refractivity contribution < 1.29 is 9.53 Å². The van der Waals surface area contributed by atoms with Crippen molar-refractivity contribution in [3.63, 3.8) is 0 Å². The zero-order valence-electron chi connectivity index (χ0n) is 8.79. The Kier molecular flexibility index (Phi) is 5.81. The molecule has 0 saturated carbocycles. The Morgan fingerprint density at radius 3 is 2.14 bits per heavy atom. The molecule has 0 heterocycles. The van der Waals surface area contributed by atoms with Crippen molar-refractivity contribution in [2.24, 2.45) is 0 Å². The maximum absolute atomic E-state index is 11.0. The van der Waals surface area contributed by atoms with Crippen LogP contribution in [0.4, 0.5) is 0 Å². The normalized spacial score (nSPS) is 10.6. The van der Waals surface area contributed by atoms with Crippen molar-refractivity contribution in [3.05, 3.63) is 37.5 Å². The minimum absolute atomic E-state index is 0.389. The lowest BCUT2D eigenvalue weighted by molar-refractivity contribution is -0.129. The van der Waals surface area contributed by atoms with E-state index in [0.29, 0.717) is 19.4 Å². The first-order valence-electron chi connectivity index (χ1n) is 4.56. The van der Waals surface area contributed by atoms with Crippen LogP contribution in [0.2, 0.25) is 0 Å². The second-order valence-corrected chi connectivity index (χ2v) is 3.41. The molecule has 0 saturated heterocycles. The summed E-state index contributed by atoms with van der Waals surface area (Å²) >= 11 is 0. The molecule has 0 amide bonds. The highest BCUT2D eigenvalue weighted by molar-refractivity contribution is 5.63. The third kappa shape index (κ3) is 4.19. The molecule has 0 aromatic rings. The van der Waals surface area contributed by atoms with Crippen molar-refractivity contribution in [1.82, 2.24) is 0 Å². The van der Waals surface area contributed by atoms with Crippen LogP contribution in [0, 0.1) is 0 Å². The first-order valence-corrected chi connectivity index (χ1v) is 4.56. The molecule has 78 valence electrons. The SMILES string of the molecule is C=CCC(C=O)(CC=C)OCC(=C)C. The van der Waals surface area contributed by atoms with Crippen LogP contribution in [0.3, 0.4) is 0 Å². The lowest BCUT2D eigenvalue weighted by Gasteiger charge is -2.25. The van der Waals surface area contributed by atoms with E-state index in [4.69, 9.17) is 4.74 Å². The largest absolute Gasteiger partial charge is 0.363 e. The van der Waals surface area contributed by atoms with Gasteiger partial charge in [0.2, 0.25) is 0 Å². The average Bonchev–Trinajstić information content (AvgIpc) is 2.15. The molecule has 2 heteroatoms. The van der Waals surface area contributed by atoms with Crippen LogP contribution in [0.25, 0.3) is 0 Å². The van der Waals surface area contributed by atoms with Gasteiger partial charge in [0.25, 0.3) is 0 Å². The molecule has 14 heavy (non-hydrogen) atoms. The molecule has 0 radical (unpaired) electrons. The van der Waals surface area contributed by atoms with Gasteiger partial charge in [-0.25, -0.2) is 0 Å². The zero-order chi connectivity index (χ0) is 11.0. The van der Waals surface area contributed by atoms with E-state index < -0.39 is 5.60 Å². The van der Waals surface area contributed by atoms with Gasteiger partial charge in [-0.3, -0.25) is 0 Å². The molecule has 0 spiro atoms. The number of rotatable bonds is 8. The average molecular weight is 194 g/mol. The number of ether oxygens (including phenoxy) is 1. The topological polar surface area (TPSA) is 26.3 Å². The van der Waals surface area contributed by atoms with Crippen molar-refractivity contribution in [1.29, 1.82) is 0 Å². The van der Waals surface area contributed by atoms with Gasteiger partial charge in [-0.2, -0.15) is 0 Å².